The smallest absolute Gasteiger partial charge is 0.158 e. The molecular formula is C20H19ClN2O. The molecule has 2 heterocycles. The molecule has 0 aliphatic carbocycles. The Morgan fingerprint density at radius 3 is 2.42 bits per heavy atom. The Bertz CT molecular complexity index is 824. The molecule has 0 saturated carbocycles. The average molecular weight is 339 g/mol. The van der Waals surface area contributed by atoms with E-state index in [1.54, 1.807) is 0 Å². The van der Waals surface area contributed by atoms with E-state index < -0.39 is 0 Å². The van der Waals surface area contributed by atoms with Crippen molar-refractivity contribution in [2.24, 2.45) is 0 Å². The standard InChI is InChI=1S/C20H19ClN2O/c1-15-2-6-19(7-3-15)23-12-13-24-20(23)16-10-11-22(14-16)18-8-4-17(21)5-9-18/h2-11,14,20H,12-13H2,1H3/t20-/m0/s1. The molecule has 4 rings (SSSR count). The first kappa shape index (κ1) is 15.3. The van der Waals surface area contributed by atoms with Crippen molar-refractivity contribution >= 4 is 17.3 Å². The molecule has 24 heavy (non-hydrogen) atoms. The van der Waals surface area contributed by atoms with Crippen molar-refractivity contribution in [1.29, 1.82) is 0 Å². The summed E-state index contributed by atoms with van der Waals surface area (Å²) in [5, 5.41) is 0.746. The summed E-state index contributed by atoms with van der Waals surface area (Å²) >= 11 is 5.97. The van der Waals surface area contributed by atoms with Crippen molar-refractivity contribution in [2.75, 3.05) is 18.1 Å². The van der Waals surface area contributed by atoms with Crippen molar-refractivity contribution in [3.63, 3.8) is 0 Å². The van der Waals surface area contributed by atoms with Gasteiger partial charge in [0.2, 0.25) is 0 Å². The molecule has 1 fully saturated rings. The Kier molecular flexibility index (Phi) is 4.05. The molecule has 0 spiro atoms. The fraction of sp³-hybridized carbons (Fsp3) is 0.200. The summed E-state index contributed by atoms with van der Waals surface area (Å²) < 4.78 is 8.09. The highest BCUT2D eigenvalue weighted by Gasteiger charge is 2.27. The third kappa shape index (κ3) is 2.93. The highest BCUT2D eigenvalue weighted by molar-refractivity contribution is 6.30. The molecule has 0 amide bonds. The summed E-state index contributed by atoms with van der Waals surface area (Å²) in [7, 11) is 0. The molecule has 4 heteroatoms. The lowest BCUT2D eigenvalue weighted by molar-refractivity contribution is 0.114. The molecule has 1 aliphatic rings. The molecule has 0 N–H and O–H groups in total. The van der Waals surface area contributed by atoms with Gasteiger partial charge < -0.3 is 14.2 Å². The van der Waals surface area contributed by atoms with E-state index in [1.807, 2.05) is 24.3 Å². The molecule has 1 aliphatic heterocycles. The molecular weight excluding hydrogens is 320 g/mol. The van der Waals surface area contributed by atoms with Crippen molar-refractivity contribution < 1.29 is 4.74 Å². The van der Waals surface area contributed by atoms with Crippen LogP contribution >= 0.6 is 11.6 Å². The SMILES string of the molecule is Cc1ccc(N2CCO[C@H]2c2ccn(-c3ccc(Cl)cc3)c2)cc1. The molecule has 122 valence electrons. The molecule has 0 unspecified atom stereocenters. The van der Waals surface area contributed by atoms with Crippen molar-refractivity contribution in [3.8, 4) is 5.69 Å². The van der Waals surface area contributed by atoms with Crippen molar-refractivity contribution in [1.82, 2.24) is 4.57 Å². The Balaban J connectivity index is 1.61. The molecule has 1 aromatic heterocycles. The van der Waals surface area contributed by atoms with E-state index in [1.165, 1.54) is 11.3 Å². The van der Waals surface area contributed by atoms with Crippen LogP contribution in [0.2, 0.25) is 5.02 Å². The lowest BCUT2D eigenvalue weighted by Gasteiger charge is -2.24. The van der Waals surface area contributed by atoms with Gasteiger partial charge in [-0.3, -0.25) is 0 Å². The Morgan fingerprint density at radius 1 is 0.958 bits per heavy atom. The van der Waals surface area contributed by atoms with Gasteiger partial charge >= 0.3 is 0 Å². The molecule has 1 saturated heterocycles. The summed E-state index contributed by atoms with van der Waals surface area (Å²) in [6.45, 7) is 3.75. The van der Waals surface area contributed by atoms with Gasteiger partial charge in [0.1, 0.15) is 0 Å². The topological polar surface area (TPSA) is 17.4 Å². The number of anilines is 1. The Morgan fingerprint density at radius 2 is 1.67 bits per heavy atom. The van der Waals surface area contributed by atoms with E-state index in [0.29, 0.717) is 0 Å². The number of hydrogen-bond acceptors (Lipinski definition) is 2. The second kappa shape index (κ2) is 6.34. The van der Waals surface area contributed by atoms with Crippen LogP contribution in [0, 0.1) is 6.92 Å². The van der Waals surface area contributed by atoms with Crippen LogP contribution in [-0.2, 0) is 4.74 Å². The van der Waals surface area contributed by atoms with Crippen LogP contribution in [-0.4, -0.2) is 17.7 Å². The number of aryl methyl sites for hydroxylation is 1. The first-order valence-electron chi connectivity index (χ1n) is 8.09. The second-order valence-electron chi connectivity index (χ2n) is 6.08. The Hall–Kier alpha value is -2.23. The normalized spacial score (nSPS) is 17.4. The van der Waals surface area contributed by atoms with Crippen LogP contribution in [0.4, 0.5) is 5.69 Å². The maximum atomic E-state index is 6.00. The monoisotopic (exact) mass is 338 g/mol. The quantitative estimate of drug-likeness (QED) is 0.670. The zero-order valence-corrected chi connectivity index (χ0v) is 14.3. The number of aromatic nitrogens is 1. The van der Waals surface area contributed by atoms with Gasteiger partial charge in [0, 0.05) is 40.9 Å². The largest absolute Gasteiger partial charge is 0.352 e. The van der Waals surface area contributed by atoms with Crippen LogP contribution in [0.5, 0.6) is 0 Å². The summed E-state index contributed by atoms with van der Waals surface area (Å²) in [4.78, 5) is 2.31. The zero-order chi connectivity index (χ0) is 16.5. The zero-order valence-electron chi connectivity index (χ0n) is 13.5. The summed E-state index contributed by atoms with van der Waals surface area (Å²) in [5.74, 6) is 0. The van der Waals surface area contributed by atoms with E-state index in [2.05, 4.69) is 59.1 Å². The van der Waals surface area contributed by atoms with Crippen LogP contribution in [0.1, 0.15) is 17.4 Å². The lowest BCUT2D eigenvalue weighted by atomic mass is 10.2. The van der Waals surface area contributed by atoms with E-state index in [-0.39, 0.29) is 6.23 Å². The van der Waals surface area contributed by atoms with Crippen LogP contribution < -0.4 is 4.90 Å². The molecule has 2 aromatic carbocycles. The Labute approximate surface area is 147 Å². The maximum Gasteiger partial charge on any atom is 0.158 e. The third-order valence-corrected chi connectivity index (χ3v) is 4.63. The number of benzene rings is 2. The van der Waals surface area contributed by atoms with Crippen molar-refractivity contribution in [2.45, 2.75) is 13.2 Å². The van der Waals surface area contributed by atoms with Crippen LogP contribution in [0.3, 0.4) is 0 Å². The van der Waals surface area contributed by atoms with Crippen LogP contribution in [0.25, 0.3) is 5.69 Å². The van der Waals surface area contributed by atoms with Gasteiger partial charge in [0.25, 0.3) is 0 Å². The molecule has 1 atom stereocenters. The number of ether oxygens (including phenoxy) is 1. The van der Waals surface area contributed by atoms with Gasteiger partial charge in [-0.1, -0.05) is 29.3 Å². The summed E-state index contributed by atoms with van der Waals surface area (Å²) in [6.07, 6.45) is 4.15. The van der Waals surface area contributed by atoms with E-state index in [0.717, 1.165) is 29.4 Å². The molecule has 0 radical (unpaired) electrons. The minimum atomic E-state index is -0.0405. The lowest BCUT2D eigenvalue weighted by Crippen LogP contribution is -2.22. The van der Waals surface area contributed by atoms with E-state index >= 15 is 0 Å². The van der Waals surface area contributed by atoms with Crippen molar-refractivity contribution in [3.05, 3.63) is 83.1 Å². The molecule has 3 aromatic rings. The number of hydrogen-bond donors (Lipinski definition) is 0. The average Bonchev–Trinajstić information content (AvgIpc) is 3.25. The van der Waals surface area contributed by atoms with Gasteiger partial charge in [-0.25, -0.2) is 0 Å². The fourth-order valence-corrected chi connectivity index (χ4v) is 3.21. The predicted molar refractivity (Wildman–Crippen MR) is 98.0 cm³/mol. The van der Waals surface area contributed by atoms with Gasteiger partial charge in [0.15, 0.2) is 6.23 Å². The number of halogens is 1. The van der Waals surface area contributed by atoms with Gasteiger partial charge in [0.05, 0.1) is 6.61 Å². The van der Waals surface area contributed by atoms with Gasteiger partial charge in [-0.05, 0) is 49.4 Å². The highest BCUT2D eigenvalue weighted by Crippen LogP contribution is 2.32. The predicted octanol–water partition coefficient (Wildman–Crippen LogP) is 4.97. The maximum absolute atomic E-state index is 6.00. The third-order valence-electron chi connectivity index (χ3n) is 4.38. The summed E-state index contributed by atoms with van der Waals surface area (Å²) in [6, 6.07) is 18.6. The molecule has 3 nitrogen and oxygen atoms in total. The second-order valence-corrected chi connectivity index (χ2v) is 6.52. The van der Waals surface area contributed by atoms with Crippen LogP contribution in [0.15, 0.2) is 67.0 Å². The number of nitrogens with zero attached hydrogens (tertiary/aromatic N) is 2. The summed E-state index contributed by atoms with van der Waals surface area (Å²) in [5.41, 5.74) is 4.71. The molecule has 0 bridgehead atoms. The first-order valence-corrected chi connectivity index (χ1v) is 8.47. The number of rotatable bonds is 3. The fourth-order valence-electron chi connectivity index (χ4n) is 3.08. The van der Waals surface area contributed by atoms with Gasteiger partial charge in [-0.15, -0.1) is 0 Å². The van der Waals surface area contributed by atoms with Gasteiger partial charge in [-0.2, -0.15) is 0 Å². The highest BCUT2D eigenvalue weighted by atomic mass is 35.5. The minimum Gasteiger partial charge on any atom is -0.352 e. The van der Waals surface area contributed by atoms with E-state index in [4.69, 9.17) is 16.3 Å². The van der Waals surface area contributed by atoms with E-state index in [9.17, 15) is 0 Å². The first-order chi connectivity index (χ1) is 11.7. The minimum absolute atomic E-state index is 0.0405.